The van der Waals surface area contributed by atoms with Crippen LogP contribution in [0.5, 0.6) is 5.75 Å². The number of hydrogen-bond acceptors (Lipinski definition) is 3. The van der Waals surface area contributed by atoms with Gasteiger partial charge in [0.2, 0.25) is 11.8 Å². The third-order valence-electron chi connectivity index (χ3n) is 4.34. The summed E-state index contributed by atoms with van der Waals surface area (Å²) in [7, 11) is 0. The highest BCUT2D eigenvalue weighted by Gasteiger charge is 2.34. The third-order valence-corrected chi connectivity index (χ3v) is 4.65. The number of amides is 2. The zero-order valence-electron chi connectivity index (χ0n) is 14.6. The van der Waals surface area contributed by atoms with E-state index in [0.717, 1.165) is 11.3 Å². The van der Waals surface area contributed by atoms with Gasteiger partial charge in [0.15, 0.2) is 0 Å². The molecular formula is C20H21ClN2O3. The number of ether oxygens (including phenoxy) is 1. The standard InChI is InChI=1S/C20H21ClN2O3/c1-14-6-8-16(9-7-14)23-13-15(12-19(23)24)20(25)22-10-11-26-18-5-3-2-4-17(18)21/h2-9,15H,10-13H2,1H3,(H,22,25)/t15-/m0/s1. The maximum atomic E-state index is 12.3. The highest BCUT2D eigenvalue weighted by atomic mass is 35.5. The molecule has 1 atom stereocenters. The topological polar surface area (TPSA) is 58.6 Å². The molecule has 0 aromatic heterocycles. The molecule has 1 heterocycles. The Morgan fingerprint density at radius 1 is 1.23 bits per heavy atom. The number of nitrogens with one attached hydrogen (secondary N) is 1. The van der Waals surface area contributed by atoms with E-state index in [0.29, 0.717) is 30.5 Å². The molecule has 6 heteroatoms. The average Bonchev–Trinajstić information content (AvgIpc) is 3.02. The van der Waals surface area contributed by atoms with Crippen LogP contribution >= 0.6 is 11.6 Å². The highest BCUT2D eigenvalue weighted by Crippen LogP contribution is 2.25. The molecule has 0 saturated carbocycles. The summed E-state index contributed by atoms with van der Waals surface area (Å²) in [5.74, 6) is 0.0890. The van der Waals surface area contributed by atoms with Crippen LogP contribution in [0, 0.1) is 12.8 Å². The van der Waals surface area contributed by atoms with Crippen molar-refractivity contribution in [2.45, 2.75) is 13.3 Å². The van der Waals surface area contributed by atoms with Gasteiger partial charge in [-0.1, -0.05) is 41.4 Å². The van der Waals surface area contributed by atoms with E-state index in [-0.39, 0.29) is 24.2 Å². The lowest BCUT2D eigenvalue weighted by atomic mass is 10.1. The van der Waals surface area contributed by atoms with Crippen molar-refractivity contribution in [1.29, 1.82) is 0 Å². The zero-order chi connectivity index (χ0) is 18.5. The fourth-order valence-electron chi connectivity index (χ4n) is 2.90. The number of aryl methyl sites for hydroxylation is 1. The number of hydrogen-bond donors (Lipinski definition) is 1. The van der Waals surface area contributed by atoms with Crippen molar-refractivity contribution in [3.63, 3.8) is 0 Å². The summed E-state index contributed by atoms with van der Waals surface area (Å²) < 4.78 is 5.55. The van der Waals surface area contributed by atoms with Gasteiger partial charge in [0, 0.05) is 18.7 Å². The predicted octanol–water partition coefficient (Wildman–Crippen LogP) is 3.20. The molecule has 0 spiro atoms. The Kier molecular flexibility index (Phi) is 5.78. The smallest absolute Gasteiger partial charge is 0.227 e. The third kappa shape index (κ3) is 4.35. The normalized spacial score (nSPS) is 16.6. The first-order valence-corrected chi connectivity index (χ1v) is 8.94. The van der Waals surface area contributed by atoms with Gasteiger partial charge >= 0.3 is 0 Å². The number of para-hydroxylation sites is 1. The second kappa shape index (κ2) is 8.23. The SMILES string of the molecule is Cc1ccc(N2C[C@@H](C(=O)NCCOc3ccccc3Cl)CC2=O)cc1. The quantitative estimate of drug-likeness (QED) is 0.792. The van der Waals surface area contributed by atoms with Gasteiger partial charge in [-0.05, 0) is 31.2 Å². The predicted molar refractivity (Wildman–Crippen MR) is 102 cm³/mol. The summed E-state index contributed by atoms with van der Waals surface area (Å²) in [5, 5.41) is 3.37. The van der Waals surface area contributed by atoms with Crippen molar-refractivity contribution >= 4 is 29.1 Å². The number of anilines is 1. The molecule has 0 aliphatic carbocycles. The van der Waals surface area contributed by atoms with E-state index >= 15 is 0 Å². The Labute approximate surface area is 157 Å². The highest BCUT2D eigenvalue weighted by molar-refractivity contribution is 6.32. The van der Waals surface area contributed by atoms with E-state index in [1.807, 2.05) is 43.3 Å². The molecule has 1 aliphatic heterocycles. The summed E-state index contributed by atoms with van der Waals surface area (Å²) in [4.78, 5) is 26.2. The molecule has 136 valence electrons. The van der Waals surface area contributed by atoms with Gasteiger partial charge in [0.05, 0.1) is 17.5 Å². The number of rotatable bonds is 6. The van der Waals surface area contributed by atoms with E-state index in [1.165, 1.54) is 0 Å². The summed E-state index contributed by atoms with van der Waals surface area (Å²) >= 11 is 6.01. The molecule has 5 nitrogen and oxygen atoms in total. The van der Waals surface area contributed by atoms with Crippen molar-refractivity contribution in [2.24, 2.45) is 5.92 Å². The lowest BCUT2D eigenvalue weighted by Crippen LogP contribution is -2.35. The van der Waals surface area contributed by atoms with Gasteiger partial charge in [-0.2, -0.15) is 0 Å². The van der Waals surface area contributed by atoms with Gasteiger partial charge in [-0.3, -0.25) is 9.59 Å². The number of carbonyl (C=O) groups is 2. The zero-order valence-corrected chi connectivity index (χ0v) is 15.3. The molecule has 0 bridgehead atoms. The van der Waals surface area contributed by atoms with Gasteiger partial charge in [0.1, 0.15) is 12.4 Å². The first-order chi connectivity index (χ1) is 12.5. The van der Waals surface area contributed by atoms with Crippen LogP contribution in [0.3, 0.4) is 0 Å². The van der Waals surface area contributed by atoms with E-state index < -0.39 is 0 Å². The number of nitrogens with zero attached hydrogens (tertiary/aromatic N) is 1. The van der Waals surface area contributed by atoms with Gasteiger partial charge < -0.3 is 15.0 Å². The van der Waals surface area contributed by atoms with Crippen LogP contribution < -0.4 is 15.0 Å². The average molecular weight is 373 g/mol. The summed E-state index contributed by atoms with van der Waals surface area (Å²) in [6.07, 6.45) is 0.227. The lowest BCUT2D eigenvalue weighted by Gasteiger charge is -2.17. The molecule has 1 fully saturated rings. The maximum Gasteiger partial charge on any atom is 0.227 e. The molecule has 0 radical (unpaired) electrons. The second-order valence-corrected chi connectivity index (χ2v) is 6.72. The molecule has 2 amide bonds. The van der Waals surface area contributed by atoms with E-state index in [9.17, 15) is 9.59 Å². The minimum atomic E-state index is -0.343. The largest absolute Gasteiger partial charge is 0.490 e. The Hall–Kier alpha value is -2.53. The van der Waals surface area contributed by atoms with Crippen molar-refractivity contribution in [1.82, 2.24) is 5.32 Å². The first-order valence-electron chi connectivity index (χ1n) is 8.56. The van der Waals surface area contributed by atoms with Crippen LogP contribution in [0.4, 0.5) is 5.69 Å². The summed E-state index contributed by atoms with van der Waals surface area (Å²) in [6, 6.07) is 14.9. The number of halogens is 1. The molecular weight excluding hydrogens is 352 g/mol. The molecule has 1 aliphatic rings. The fraction of sp³-hybridized carbons (Fsp3) is 0.300. The minimum absolute atomic E-state index is 0.0266. The van der Waals surface area contributed by atoms with Crippen LogP contribution in [0.25, 0.3) is 0 Å². The van der Waals surface area contributed by atoms with Crippen LogP contribution in [0.1, 0.15) is 12.0 Å². The van der Waals surface area contributed by atoms with Crippen LogP contribution in [0.15, 0.2) is 48.5 Å². The number of carbonyl (C=O) groups excluding carboxylic acids is 2. The molecule has 3 rings (SSSR count). The number of benzene rings is 2. The maximum absolute atomic E-state index is 12.3. The van der Waals surface area contributed by atoms with E-state index in [1.54, 1.807) is 17.0 Å². The van der Waals surface area contributed by atoms with Crippen molar-refractivity contribution in [2.75, 3.05) is 24.6 Å². The van der Waals surface area contributed by atoms with Gasteiger partial charge in [-0.15, -0.1) is 0 Å². The van der Waals surface area contributed by atoms with Crippen molar-refractivity contribution in [3.05, 3.63) is 59.1 Å². The summed E-state index contributed by atoms with van der Waals surface area (Å²) in [5.41, 5.74) is 1.96. The lowest BCUT2D eigenvalue weighted by molar-refractivity contribution is -0.126. The van der Waals surface area contributed by atoms with Crippen LogP contribution in [-0.2, 0) is 9.59 Å². The van der Waals surface area contributed by atoms with Gasteiger partial charge in [-0.25, -0.2) is 0 Å². The molecule has 0 unspecified atom stereocenters. The minimum Gasteiger partial charge on any atom is -0.490 e. The molecule has 2 aromatic carbocycles. The van der Waals surface area contributed by atoms with E-state index in [2.05, 4.69) is 5.32 Å². The molecule has 26 heavy (non-hydrogen) atoms. The second-order valence-electron chi connectivity index (χ2n) is 6.31. The van der Waals surface area contributed by atoms with Crippen LogP contribution in [-0.4, -0.2) is 31.5 Å². The van der Waals surface area contributed by atoms with Gasteiger partial charge in [0.25, 0.3) is 0 Å². The Balaban J connectivity index is 1.47. The fourth-order valence-corrected chi connectivity index (χ4v) is 3.09. The Morgan fingerprint density at radius 3 is 2.69 bits per heavy atom. The monoisotopic (exact) mass is 372 g/mol. The Bertz CT molecular complexity index is 792. The van der Waals surface area contributed by atoms with Crippen molar-refractivity contribution < 1.29 is 14.3 Å². The van der Waals surface area contributed by atoms with Crippen LogP contribution in [0.2, 0.25) is 5.02 Å². The molecule has 1 N–H and O–H groups in total. The molecule has 1 saturated heterocycles. The summed E-state index contributed by atoms with van der Waals surface area (Å²) in [6.45, 7) is 3.08. The molecule has 2 aromatic rings. The van der Waals surface area contributed by atoms with Crippen molar-refractivity contribution in [3.8, 4) is 5.75 Å². The first kappa shape index (κ1) is 18.3. The van der Waals surface area contributed by atoms with E-state index in [4.69, 9.17) is 16.3 Å². The Morgan fingerprint density at radius 2 is 1.96 bits per heavy atom.